The molecule has 1 heterocycles. The third-order valence-corrected chi connectivity index (χ3v) is 7.39. The molecule has 2 aromatic rings. The maximum atomic E-state index is 13.1. The lowest BCUT2D eigenvalue weighted by Crippen LogP contribution is -2.47. The zero-order valence-electron chi connectivity index (χ0n) is 19.2. The molecule has 0 aliphatic carbocycles. The van der Waals surface area contributed by atoms with Crippen molar-refractivity contribution in [2.45, 2.75) is 58.4 Å². The van der Waals surface area contributed by atoms with Crippen molar-refractivity contribution in [1.82, 2.24) is 4.72 Å². The van der Waals surface area contributed by atoms with E-state index in [4.69, 9.17) is 0 Å². The van der Waals surface area contributed by atoms with Crippen molar-refractivity contribution in [3.05, 3.63) is 53.1 Å². The van der Waals surface area contributed by atoms with Crippen LogP contribution in [0.1, 0.15) is 43.9 Å². The highest BCUT2D eigenvalue weighted by Crippen LogP contribution is 2.31. The molecule has 1 aliphatic rings. The molecule has 8 heteroatoms. The molecule has 0 fully saturated rings. The van der Waals surface area contributed by atoms with Crippen molar-refractivity contribution in [1.29, 1.82) is 0 Å². The van der Waals surface area contributed by atoms with Crippen LogP contribution in [0.5, 0.6) is 0 Å². The van der Waals surface area contributed by atoms with Crippen LogP contribution in [0.25, 0.3) is 0 Å². The van der Waals surface area contributed by atoms with Gasteiger partial charge in [-0.15, -0.1) is 0 Å². The number of hydrogen-bond acceptors (Lipinski definition) is 4. The van der Waals surface area contributed by atoms with Gasteiger partial charge in [-0.25, -0.2) is 8.42 Å². The van der Waals surface area contributed by atoms with Crippen molar-refractivity contribution in [2.24, 2.45) is 5.92 Å². The molecule has 0 bridgehead atoms. The number of benzene rings is 2. The van der Waals surface area contributed by atoms with Crippen LogP contribution in [0.3, 0.4) is 0 Å². The van der Waals surface area contributed by atoms with Crippen LogP contribution >= 0.6 is 0 Å². The van der Waals surface area contributed by atoms with Crippen LogP contribution in [-0.2, 0) is 26.0 Å². The van der Waals surface area contributed by atoms with Gasteiger partial charge in [-0.1, -0.05) is 32.9 Å². The van der Waals surface area contributed by atoms with E-state index in [-0.39, 0.29) is 16.7 Å². The smallest absolute Gasteiger partial charge is 0.242 e. The second kappa shape index (κ2) is 9.42. The van der Waals surface area contributed by atoms with Crippen LogP contribution in [0.2, 0.25) is 0 Å². The predicted octanol–water partition coefficient (Wildman–Crippen LogP) is 3.54. The fraction of sp³-hybridized carbons (Fsp3) is 0.417. The van der Waals surface area contributed by atoms with Gasteiger partial charge in [0.15, 0.2) is 0 Å². The Bertz CT molecular complexity index is 1140. The van der Waals surface area contributed by atoms with Gasteiger partial charge < -0.3 is 10.2 Å². The number of aryl methyl sites for hydroxylation is 1. The lowest BCUT2D eigenvalue weighted by atomic mass is 10.0. The molecule has 1 aliphatic heterocycles. The van der Waals surface area contributed by atoms with Crippen molar-refractivity contribution >= 4 is 33.2 Å². The average molecular weight is 458 g/mol. The van der Waals surface area contributed by atoms with Crippen LogP contribution in [0, 0.1) is 19.8 Å². The molecule has 0 aromatic heterocycles. The number of nitrogens with zero attached hydrogens (tertiary/aromatic N) is 1. The van der Waals surface area contributed by atoms with E-state index in [1.807, 2.05) is 26.0 Å². The number of nitrogens with one attached hydrogen (secondary N) is 2. The normalized spacial score (nSPS) is 14.4. The lowest BCUT2D eigenvalue weighted by molar-refractivity contribution is -0.119. The largest absolute Gasteiger partial charge is 0.324 e. The molecule has 0 saturated heterocycles. The number of amides is 2. The minimum Gasteiger partial charge on any atom is -0.324 e. The number of carbonyl (C=O) groups is 2. The van der Waals surface area contributed by atoms with Gasteiger partial charge in [0.25, 0.3) is 0 Å². The Kier molecular flexibility index (Phi) is 7.05. The van der Waals surface area contributed by atoms with Gasteiger partial charge in [0, 0.05) is 24.3 Å². The number of sulfonamides is 1. The van der Waals surface area contributed by atoms with Crippen LogP contribution in [0.4, 0.5) is 11.4 Å². The Hall–Kier alpha value is -2.71. The molecule has 172 valence electrons. The molecule has 32 heavy (non-hydrogen) atoms. The minimum absolute atomic E-state index is 0.0143. The molecular formula is C24H31N3O4S. The molecule has 0 spiro atoms. The molecule has 0 saturated carbocycles. The fourth-order valence-corrected chi connectivity index (χ4v) is 5.21. The number of carbonyl (C=O) groups excluding carboxylic acids is 2. The van der Waals surface area contributed by atoms with Gasteiger partial charge in [-0.2, -0.15) is 4.72 Å². The molecule has 1 atom stereocenters. The molecular weight excluding hydrogens is 426 g/mol. The summed E-state index contributed by atoms with van der Waals surface area (Å²) in [6.07, 6.45) is 0.998. The molecule has 0 unspecified atom stereocenters. The highest BCUT2D eigenvalue weighted by Gasteiger charge is 2.30. The van der Waals surface area contributed by atoms with E-state index >= 15 is 0 Å². The van der Waals surface area contributed by atoms with Crippen molar-refractivity contribution in [3.63, 3.8) is 0 Å². The standard InChI is InChI=1S/C24H31N3O4S/c1-6-22(28)27-13-12-18-14-19(10-11-21(18)27)32(30,31)26-23(15(2)3)24(29)25-20-9-7-8-16(4)17(20)5/h7-11,14-15,23,26H,6,12-13H2,1-5H3,(H,25,29)/t23-/m1/s1. The minimum atomic E-state index is -3.94. The lowest BCUT2D eigenvalue weighted by Gasteiger charge is -2.23. The molecule has 0 radical (unpaired) electrons. The Morgan fingerprint density at radius 1 is 1.12 bits per heavy atom. The number of fused-ring (bicyclic) bond motifs is 1. The summed E-state index contributed by atoms with van der Waals surface area (Å²) in [5.74, 6) is -0.652. The van der Waals surface area contributed by atoms with Gasteiger partial charge in [-0.05, 0) is 67.1 Å². The number of hydrogen-bond donors (Lipinski definition) is 2. The van der Waals surface area contributed by atoms with Crippen LogP contribution < -0.4 is 14.9 Å². The maximum absolute atomic E-state index is 13.1. The van der Waals surface area contributed by atoms with Gasteiger partial charge in [0.05, 0.1) is 4.90 Å². The summed E-state index contributed by atoms with van der Waals surface area (Å²) in [5.41, 5.74) is 4.21. The third kappa shape index (κ3) is 4.86. The summed E-state index contributed by atoms with van der Waals surface area (Å²) in [5, 5.41) is 2.86. The van der Waals surface area contributed by atoms with Crippen molar-refractivity contribution < 1.29 is 18.0 Å². The summed E-state index contributed by atoms with van der Waals surface area (Å²) in [6.45, 7) is 9.82. The van der Waals surface area contributed by atoms with E-state index in [0.717, 1.165) is 22.4 Å². The van der Waals surface area contributed by atoms with Crippen molar-refractivity contribution in [3.8, 4) is 0 Å². The monoisotopic (exact) mass is 457 g/mol. The van der Waals surface area contributed by atoms with E-state index in [1.165, 1.54) is 6.07 Å². The fourth-order valence-electron chi connectivity index (χ4n) is 3.82. The van der Waals surface area contributed by atoms with E-state index in [2.05, 4.69) is 10.0 Å². The number of rotatable bonds is 7. The first kappa shape index (κ1) is 23.9. The van der Waals surface area contributed by atoms with Crippen LogP contribution in [-0.4, -0.2) is 32.8 Å². The highest BCUT2D eigenvalue weighted by atomic mass is 32.2. The Morgan fingerprint density at radius 2 is 1.84 bits per heavy atom. The summed E-state index contributed by atoms with van der Waals surface area (Å²) < 4.78 is 28.8. The van der Waals surface area contributed by atoms with Gasteiger partial charge in [0.2, 0.25) is 21.8 Å². The zero-order valence-corrected chi connectivity index (χ0v) is 20.0. The van der Waals surface area contributed by atoms with E-state index in [1.54, 1.807) is 43.9 Å². The van der Waals surface area contributed by atoms with Gasteiger partial charge >= 0.3 is 0 Å². The third-order valence-electron chi connectivity index (χ3n) is 5.95. The average Bonchev–Trinajstić information content (AvgIpc) is 3.18. The quantitative estimate of drug-likeness (QED) is 0.665. The Labute approximate surface area is 190 Å². The van der Waals surface area contributed by atoms with E-state index in [9.17, 15) is 18.0 Å². The molecule has 2 N–H and O–H groups in total. The molecule has 2 amide bonds. The Balaban J connectivity index is 1.82. The zero-order chi connectivity index (χ0) is 23.6. The topological polar surface area (TPSA) is 95.6 Å². The predicted molar refractivity (Wildman–Crippen MR) is 126 cm³/mol. The Morgan fingerprint density at radius 3 is 2.50 bits per heavy atom. The first-order valence-corrected chi connectivity index (χ1v) is 12.4. The summed E-state index contributed by atoms with van der Waals surface area (Å²) >= 11 is 0. The van der Waals surface area contributed by atoms with E-state index in [0.29, 0.717) is 25.1 Å². The summed E-state index contributed by atoms with van der Waals surface area (Å²) in [7, 11) is -3.94. The maximum Gasteiger partial charge on any atom is 0.242 e. The van der Waals surface area contributed by atoms with Crippen molar-refractivity contribution in [2.75, 3.05) is 16.8 Å². The second-order valence-electron chi connectivity index (χ2n) is 8.52. The van der Waals surface area contributed by atoms with Gasteiger partial charge in [-0.3, -0.25) is 9.59 Å². The summed E-state index contributed by atoms with van der Waals surface area (Å²) in [6, 6.07) is 9.43. The number of anilines is 2. The molecule has 7 nitrogen and oxygen atoms in total. The summed E-state index contributed by atoms with van der Waals surface area (Å²) in [4.78, 5) is 26.9. The van der Waals surface area contributed by atoms with Gasteiger partial charge in [0.1, 0.15) is 6.04 Å². The second-order valence-corrected chi connectivity index (χ2v) is 10.2. The van der Waals surface area contributed by atoms with E-state index < -0.39 is 22.0 Å². The highest BCUT2D eigenvalue weighted by molar-refractivity contribution is 7.89. The molecule has 3 rings (SSSR count). The first-order chi connectivity index (χ1) is 15.0. The SMILES string of the molecule is CCC(=O)N1CCc2cc(S(=O)(=O)N[C@@H](C(=O)Nc3cccc(C)c3C)C(C)C)ccc21. The molecule has 2 aromatic carbocycles. The first-order valence-electron chi connectivity index (χ1n) is 10.9. The van der Waals surface area contributed by atoms with Crippen LogP contribution in [0.15, 0.2) is 41.3 Å².